The maximum atomic E-state index is 13.2. The van der Waals surface area contributed by atoms with Crippen LogP contribution in [0.25, 0.3) is 0 Å². The van der Waals surface area contributed by atoms with Gasteiger partial charge in [-0.3, -0.25) is 9.69 Å². The van der Waals surface area contributed by atoms with Gasteiger partial charge in [-0.05, 0) is 53.9 Å². The summed E-state index contributed by atoms with van der Waals surface area (Å²) < 4.78 is 24.9. The van der Waals surface area contributed by atoms with Crippen LogP contribution in [0.15, 0.2) is 22.7 Å². The molecule has 1 saturated carbocycles. The number of hydrogen-bond donors (Lipinski definition) is 1. The molecule has 0 radical (unpaired) electrons. The second kappa shape index (κ2) is 9.34. The molecular formula is C20H28BrFN2O3. The molecule has 1 unspecified atom stereocenters. The van der Waals surface area contributed by atoms with Crippen molar-refractivity contribution in [3.63, 3.8) is 0 Å². The predicted octanol–water partition coefficient (Wildman–Crippen LogP) is 3.51. The fourth-order valence-corrected chi connectivity index (χ4v) is 4.51. The standard InChI is InChI=1S/C20H28BrFN2O3/c1-15(27-18-6-5-16(22)13-17(18)21)19(25)23-14-20(7-3-2-4-8-20)24-9-11-26-12-10-24/h5-6,13,15H,2-4,7-12,14H2,1H3,(H,23,25). The first-order valence-corrected chi connectivity index (χ1v) is 10.5. The van der Waals surface area contributed by atoms with E-state index in [4.69, 9.17) is 9.47 Å². The first kappa shape index (κ1) is 20.6. The zero-order valence-corrected chi connectivity index (χ0v) is 17.4. The first-order chi connectivity index (χ1) is 13.0. The van der Waals surface area contributed by atoms with E-state index < -0.39 is 6.10 Å². The fraction of sp³-hybridized carbons (Fsp3) is 0.650. The van der Waals surface area contributed by atoms with Crippen molar-refractivity contribution in [3.05, 3.63) is 28.5 Å². The van der Waals surface area contributed by atoms with Crippen LogP contribution in [0.1, 0.15) is 39.0 Å². The first-order valence-electron chi connectivity index (χ1n) is 9.72. The summed E-state index contributed by atoms with van der Waals surface area (Å²) in [5.74, 6) is -0.0416. The Bertz CT molecular complexity index is 646. The number of halogens is 2. The van der Waals surface area contributed by atoms with E-state index in [1.54, 1.807) is 6.92 Å². The Hall–Kier alpha value is -1.18. The van der Waals surface area contributed by atoms with E-state index in [2.05, 4.69) is 26.1 Å². The van der Waals surface area contributed by atoms with Crippen molar-refractivity contribution < 1.29 is 18.7 Å². The zero-order valence-electron chi connectivity index (χ0n) is 15.8. The average Bonchev–Trinajstić information content (AvgIpc) is 2.69. The second-order valence-electron chi connectivity index (χ2n) is 7.44. The number of amides is 1. The molecule has 5 nitrogen and oxygen atoms in total. The summed E-state index contributed by atoms with van der Waals surface area (Å²) in [7, 11) is 0. The molecule has 2 aliphatic rings. The highest BCUT2D eigenvalue weighted by Gasteiger charge is 2.39. The Balaban J connectivity index is 1.59. The van der Waals surface area contributed by atoms with Crippen LogP contribution < -0.4 is 10.1 Å². The SMILES string of the molecule is CC(Oc1ccc(F)cc1Br)C(=O)NCC1(N2CCOCC2)CCCCC1. The van der Waals surface area contributed by atoms with Gasteiger partial charge in [-0.2, -0.15) is 0 Å². The minimum Gasteiger partial charge on any atom is -0.480 e. The van der Waals surface area contributed by atoms with Crippen molar-refractivity contribution in [1.82, 2.24) is 10.2 Å². The molecule has 1 saturated heterocycles. The lowest BCUT2D eigenvalue weighted by atomic mass is 9.79. The van der Waals surface area contributed by atoms with Crippen molar-refractivity contribution in [2.24, 2.45) is 0 Å². The molecule has 1 aliphatic carbocycles. The maximum absolute atomic E-state index is 13.2. The molecule has 3 rings (SSSR count). The maximum Gasteiger partial charge on any atom is 0.260 e. The molecule has 2 fully saturated rings. The van der Waals surface area contributed by atoms with Gasteiger partial charge in [0.2, 0.25) is 0 Å². The summed E-state index contributed by atoms with van der Waals surface area (Å²) in [6, 6.07) is 4.18. The van der Waals surface area contributed by atoms with E-state index in [1.807, 2.05) is 0 Å². The van der Waals surface area contributed by atoms with Gasteiger partial charge < -0.3 is 14.8 Å². The Kier molecular flexibility index (Phi) is 7.11. The van der Waals surface area contributed by atoms with Crippen LogP contribution in [0.4, 0.5) is 4.39 Å². The van der Waals surface area contributed by atoms with Crippen LogP contribution in [-0.4, -0.2) is 55.3 Å². The molecule has 27 heavy (non-hydrogen) atoms. The highest BCUT2D eigenvalue weighted by molar-refractivity contribution is 9.10. The molecule has 0 aromatic heterocycles. The van der Waals surface area contributed by atoms with Gasteiger partial charge in [0.15, 0.2) is 6.10 Å². The number of carbonyl (C=O) groups excluding carboxylic acids is 1. The van der Waals surface area contributed by atoms with Crippen molar-refractivity contribution >= 4 is 21.8 Å². The molecule has 1 aromatic rings. The number of morpholine rings is 1. The monoisotopic (exact) mass is 442 g/mol. The molecule has 1 aromatic carbocycles. The van der Waals surface area contributed by atoms with Crippen molar-refractivity contribution in [2.75, 3.05) is 32.8 Å². The number of nitrogens with one attached hydrogen (secondary N) is 1. The van der Waals surface area contributed by atoms with Crippen molar-refractivity contribution in [2.45, 2.75) is 50.7 Å². The second-order valence-corrected chi connectivity index (χ2v) is 8.29. The van der Waals surface area contributed by atoms with Gasteiger partial charge in [0.1, 0.15) is 11.6 Å². The molecule has 1 heterocycles. The van der Waals surface area contributed by atoms with Gasteiger partial charge >= 0.3 is 0 Å². The van der Waals surface area contributed by atoms with E-state index in [1.165, 1.54) is 37.5 Å². The molecule has 0 bridgehead atoms. The van der Waals surface area contributed by atoms with Crippen LogP contribution in [0.5, 0.6) is 5.75 Å². The molecule has 1 N–H and O–H groups in total. The Morgan fingerprint density at radius 3 is 2.70 bits per heavy atom. The van der Waals surface area contributed by atoms with E-state index in [-0.39, 0.29) is 17.3 Å². The number of benzene rings is 1. The smallest absolute Gasteiger partial charge is 0.260 e. The predicted molar refractivity (Wildman–Crippen MR) is 105 cm³/mol. The summed E-state index contributed by atoms with van der Waals surface area (Å²) in [6.45, 7) is 5.70. The number of ether oxygens (including phenoxy) is 2. The van der Waals surface area contributed by atoms with Gasteiger partial charge in [-0.15, -0.1) is 0 Å². The minimum atomic E-state index is -0.655. The molecule has 7 heteroatoms. The lowest BCUT2D eigenvalue weighted by Gasteiger charge is -2.48. The molecule has 1 atom stereocenters. The van der Waals surface area contributed by atoms with Crippen LogP contribution in [-0.2, 0) is 9.53 Å². The Morgan fingerprint density at radius 1 is 1.33 bits per heavy atom. The summed E-state index contributed by atoms with van der Waals surface area (Å²) >= 11 is 3.27. The largest absolute Gasteiger partial charge is 0.480 e. The van der Waals surface area contributed by atoms with E-state index >= 15 is 0 Å². The number of nitrogens with zero attached hydrogens (tertiary/aromatic N) is 1. The Labute approximate surface area is 168 Å². The zero-order chi connectivity index (χ0) is 19.3. The normalized spacial score (nSPS) is 21.4. The average molecular weight is 443 g/mol. The van der Waals surface area contributed by atoms with Gasteiger partial charge in [-0.1, -0.05) is 19.3 Å². The lowest BCUT2D eigenvalue weighted by molar-refractivity contribution is -0.128. The molecule has 150 valence electrons. The third-order valence-corrected chi connectivity index (χ3v) is 6.24. The van der Waals surface area contributed by atoms with Gasteiger partial charge in [0.25, 0.3) is 5.91 Å². The van der Waals surface area contributed by atoms with Gasteiger partial charge in [0.05, 0.1) is 17.7 Å². The number of rotatable bonds is 6. The Morgan fingerprint density at radius 2 is 2.04 bits per heavy atom. The van der Waals surface area contributed by atoms with Crippen LogP contribution in [0.3, 0.4) is 0 Å². The highest BCUT2D eigenvalue weighted by atomic mass is 79.9. The topological polar surface area (TPSA) is 50.8 Å². The summed E-state index contributed by atoms with van der Waals surface area (Å²) in [6.07, 6.45) is 5.21. The summed E-state index contributed by atoms with van der Waals surface area (Å²) in [5, 5.41) is 3.11. The quantitative estimate of drug-likeness (QED) is 0.732. The van der Waals surface area contributed by atoms with Gasteiger partial charge in [0, 0.05) is 25.2 Å². The summed E-state index contributed by atoms with van der Waals surface area (Å²) in [4.78, 5) is 15.1. The molecule has 1 aliphatic heterocycles. The van der Waals surface area contributed by atoms with Gasteiger partial charge in [-0.25, -0.2) is 4.39 Å². The minimum absolute atomic E-state index is 0.0217. The van der Waals surface area contributed by atoms with Crippen LogP contribution in [0, 0.1) is 5.82 Å². The number of hydrogen-bond acceptors (Lipinski definition) is 4. The van der Waals surface area contributed by atoms with Crippen LogP contribution in [0.2, 0.25) is 0 Å². The highest BCUT2D eigenvalue weighted by Crippen LogP contribution is 2.34. The fourth-order valence-electron chi connectivity index (χ4n) is 4.06. The van der Waals surface area contributed by atoms with Crippen LogP contribution >= 0.6 is 15.9 Å². The van der Waals surface area contributed by atoms with Crippen molar-refractivity contribution in [3.8, 4) is 5.75 Å². The third-order valence-electron chi connectivity index (χ3n) is 5.62. The molecule has 1 amide bonds. The van der Waals surface area contributed by atoms with Crippen molar-refractivity contribution in [1.29, 1.82) is 0 Å². The van der Waals surface area contributed by atoms with E-state index in [0.717, 1.165) is 39.1 Å². The van der Waals surface area contributed by atoms with E-state index in [0.29, 0.717) is 16.8 Å². The summed E-state index contributed by atoms with van der Waals surface area (Å²) in [5.41, 5.74) is 0.0217. The third kappa shape index (κ3) is 5.21. The number of carbonyl (C=O) groups is 1. The molecule has 0 spiro atoms. The van der Waals surface area contributed by atoms with E-state index in [9.17, 15) is 9.18 Å². The lowest BCUT2D eigenvalue weighted by Crippen LogP contribution is -2.60. The molecular weight excluding hydrogens is 415 g/mol.